The predicted molar refractivity (Wildman–Crippen MR) is 112 cm³/mol. The number of aliphatic imine (C=N–C) groups is 1. The Kier molecular flexibility index (Phi) is 5.86. The number of carbonyl (C=O) groups is 1. The molecule has 2 aromatic heterocycles. The van der Waals surface area contributed by atoms with Crippen molar-refractivity contribution in [3.05, 3.63) is 82.9 Å². The Hall–Kier alpha value is -3.80. The zero-order valence-electron chi connectivity index (χ0n) is 17.7. The highest BCUT2D eigenvalue weighted by atomic mass is 19.4. The molecule has 12 heteroatoms. The number of halogens is 5. The highest BCUT2D eigenvalue weighted by molar-refractivity contribution is 6.03. The number of hydrogen-bond donors (Lipinski definition) is 2. The van der Waals surface area contributed by atoms with Gasteiger partial charge in [-0.2, -0.15) is 13.2 Å². The number of pyridine rings is 1. The van der Waals surface area contributed by atoms with Gasteiger partial charge >= 0.3 is 6.18 Å². The minimum absolute atomic E-state index is 0.0462. The lowest BCUT2D eigenvalue weighted by Crippen LogP contribution is -2.42. The van der Waals surface area contributed by atoms with Crippen molar-refractivity contribution in [2.75, 3.05) is 19.0 Å². The zero-order valence-corrected chi connectivity index (χ0v) is 17.7. The van der Waals surface area contributed by atoms with Gasteiger partial charge in [0.15, 0.2) is 0 Å². The van der Waals surface area contributed by atoms with E-state index >= 15 is 4.39 Å². The van der Waals surface area contributed by atoms with Crippen LogP contribution in [0.15, 0.2) is 53.8 Å². The summed E-state index contributed by atoms with van der Waals surface area (Å²) in [5.41, 5.74) is 3.64. The lowest BCUT2D eigenvalue weighted by molar-refractivity contribution is -0.137. The number of amides is 1. The quantitative estimate of drug-likeness (QED) is 0.546. The molecule has 0 saturated heterocycles. The number of hydrogen-bond acceptors (Lipinski definition) is 5. The molecule has 0 radical (unpaired) electrons. The van der Waals surface area contributed by atoms with E-state index in [1.165, 1.54) is 29.9 Å². The van der Waals surface area contributed by atoms with Crippen molar-refractivity contribution in [3.8, 4) is 0 Å². The van der Waals surface area contributed by atoms with Gasteiger partial charge in [-0.05, 0) is 36.4 Å². The minimum Gasteiger partial charge on any atom is -0.382 e. The number of rotatable bonds is 5. The first-order valence-electron chi connectivity index (χ1n) is 9.87. The van der Waals surface area contributed by atoms with Gasteiger partial charge in [0.1, 0.15) is 28.7 Å². The lowest BCUT2D eigenvalue weighted by atomic mass is 9.88. The monoisotopic (exact) mass is 479 g/mol. The van der Waals surface area contributed by atoms with Crippen molar-refractivity contribution < 1.29 is 31.5 Å². The number of amidine groups is 1. The molecular formula is C22H18F5N5O2. The van der Waals surface area contributed by atoms with Crippen LogP contribution in [0.3, 0.4) is 0 Å². The zero-order chi connectivity index (χ0) is 24.7. The van der Waals surface area contributed by atoms with E-state index in [1.807, 2.05) is 0 Å². The topological polar surface area (TPSA) is 94.5 Å². The Morgan fingerprint density at radius 1 is 1.24 bits per heavy atom. The second kappa shape index (κ2) is 8.52. The maximum Gasteiger partial charge on any atom is 0.417 e. The van der Waals surface area contributed by atoms with Crippen LogP contribution in [0.2, 0.25) is 0 Å². The molecule has 1 atom stereocenters. The molecule has 3 N–H and O–H groups in total. The van der Waals surface area contributed by atoms with Gasteiger partial charge in [0.05, 0.1) is 30.6 Å². The van der Waals surface area contributed by atoms with Gasteiger partial charge in [-0.1, -0.05) is 0 Å². The molecule has 1 aromatic carbocycles. The van der Waals surface area contributed by atoms with Crippen LogP contribution in [-0.4, -0.2) is 35.0 Å². The van der Waals surface area contributed by atoms with E-state index in [0.29, 0.717) is 0 Å². The molecular weight excluding hydrogens is 461 g/mol. The van der Waals surface area contributed by atoms with Crippen molar-refractivity contribution in [1.29, 1.82) is 0 Å². The van der Waals surface area contributed by atoms with E-state index in [2.05, 4.69) is 15.3 Å². The molecule has 1 amide bonds. The number of anilines is 1. The second-order valence-corrected chi connectivity index (χ2v) is 7.71. The van der Waals surface area contributed by atoms with Crippen molar-refractivity contribution in [2.45, 2.75) is 18.3 Å². The molecule has 0 saturated carbocycles. The molecule has 0 fully saturated rings. The molecule has 3 heterocycles. The number of benzene rings is 1. The third kappa shape index (κ3) is 4.36. The van der Waals surface area contributed by atoms with Gasteiger partial charge in [0.2, 0.25) is 0 Å². The fourth-order valence-corrected chi connectivity index (χ4v) is 3.82. The molecule has 0 aliphatic carbocycles. The molecule has 7 nitrogen and oxygen atoms in total. The summed E-state index contributed by atoms with van der Waals surface area (Å²) in [5, 5.41) is 2.53. The summed E-state index contributed by atoms with van der Waals surface area (Å²) >= 11 is 0. The average molecular weight is 479 g/mol. The smallest absolute Gasteiger partial charge is 0.382 e. The van der Waals surface area contributed by atoms with Gasteiger partial charge in [0.25, 0.3) is 5.91 Å². The van der Waals surface area contributed by atoms with Crippen molar-refractivity contribution >= 4 is 17.4 Å². The molecule has 3 aromatic rings. The van der Waals surface area contributed by atoms with Crippen molar-refractivity contribution in [3.63, 3.8) is 0 Å². The Balaban J connectivity index is 1.72. The third-order valence-electron chi connectivity index (χ3n) is 5.32. The number of alkyl halides is 3. The van der Waals surface area contributed by atoms with Crippen molar-refractivity contribution in [2.24, 2.45) is 10.7 Å². The second-order valence-electron chi connectivity index (χ2n) is 7.71. The van der Waals surface area contributed by atoms with Crippen LogP contribution in [0.5, 0.6) is 0 Å². The first kappa shape index (κ1) is 23.4. The normalized spacial score (nSPS) is 17.8. The van der Waals surface area contributed by atoms with E-state index in [4.69, 9.17) is 10.5 Å². The number of nitrogens with two attached hydrogens (primary N) is 1. The summed E-state index contributed by atoms with van der Waals surface area (Å²) in [5.74, 6) is -2.23. The van der Waals surface area contributed by atoms with E-state index in [0.717, 1.165) is 30.6 Å². The maximum atomic E-state index is 15.0. The highest BCUT2D eigenvalue weighted by Gasteiger charge is 2.41. The molecule has 0 spiro atoms. The first-order valence-corrected chi connectivity index (χ1v) is 9.87. The van der Waals surface area contributed by atoms with Crippen LogP contribution in [0.1, 0.15) is 27.3 Å². The van der Waals surface area contributed by atoms with Crippen LogP contribution in [0.4, 0.5) is 27.6 Å². The van der Waals surface area contributed by atoms with Gasteiger partial charge in [-0.25, -0.2) is 13.8 Å². The largest absolute Gasteiger partial charge is 0.417 e. The fourth-order valence-electron chi connectivity index (χ4n) is 3.82. The van der Waals surface area contributed by atoms with Crippen molar-refractivity contribution in [1.82, 2.24) is 9.55 Å². The molecule has 34 heavy (non-hydrogen) atoms. The number of fused-ring (bicyclic) bond motifs is 1. The van der Waals surface area contributed by atoms with E-state index in [9.17, 15) is 22.4 Å². The fraction of sp³-hybridized carbons (Fsp3) is 0.227. The lowest BCUT2D eigenvalue weighted by Gasteiger charge is -2.35. The standard InChI is InChI=1S/C22H18F5N5O2/c1-34-11-21(10-32-9-12(22(25,26)27)6-18(32)19(28)31-21)15-7-14(3-4-16(15)24)30-20(33)17-5-2-13(23)8-29-17/h2-9H,10-11H2,1H3,(H2,28,31)(H,30,33)/t21-/m1/s1. The highest BCUT2D eigenvalue weighted by Crippen LogP contribution is 2.38. The Morgan fingerprint density at radius 3 is 2.65 bits per heavy atom. The summed E-state index contributed by atoms with van der Waals surface area (Å²) in [6, 6.07) is 6.79. The molecule has 1 aliphatic rings. The Labute approximate surface area is 190 Å². The van der Waals surface area contributed by atoms with Crippen LogP contribution in [-0.2, 0) is 23.0 Å². The van der Waals surface area contributed by atoms with E-state index < -0.39 is 34.8 Å². The number of nitrogens with one attached hydrogen (secondary N) is 1. The molecule has 0 unspecified atom stereocenters. The SMILES string of the molecule is COC[C@@]1(c2cc(NC(=O)c3ccc(F)cn3)ccc2F)Cn2cc(C(F)(F)F)cc2C(N)=N1. The van der Waals surface area contributed by atoms with Crippen LogP contribution < -0.4 is 11.1 Å². The molecule has 0 bridgehead atoms. The summed E-state index contributed by atoms with van der Waals surface area (Å²) in [7, 11) is 1.34. The Bertz CT molecular complexity index is 1270. The number of aromatic nitrogens is 2. The van der Waals surface area contributed by atoms with Crippen LogP contribution in [0.25, 0.3) is 0 Å². The minimum atomic E-state index is -4.60. The Morgan fingerprint density at radius 2 is 2.00 bits per heavy atom. The predicted octanol–water partition coefficient (Wildman–Crippen LogP) is 3.69. The number of methoxy groups -OCH3 is 1. The van der Waals surface area contributed by atoms with Gasteiger partial charge in [-0.15, -0.1) is 0 Å². The van der Waals surface area contributed by atoms with Gasteiger partial charge in [-0.3, -0.25) is 9.79 Å². The first-order chi connectivity index (χ1) is 16.0. The van der Waals surface area contributed by atoms with E-state index in [-0.39, 0.29) is 41.6 Å². The van der Waals surface area contributed by atoms with Crippen LogP contribution >= 0.6 is 0 Å². The molecule has 4 rings (SSSR count). The van der Waals surface area contributed by atoms with Gasteiger partial charge < -0.3 is 20.4 Å². The average Bonchev–Trinajstić information content (AvgIpc) is 3.21. The molecule has 178 valence electrons. The summed E-state index contributed by atoms with van der Waals surface area (Å²) in [4.78, 5) is 20.5. The molecule has 1 aliphatic heterocycles. The third-order valence-corrected chi connectivity index (χ3v) is 5.32. The number of carbonyl (C=O) groups excluding carboxylic acids is 1. The summed E-state index contributed by atoms with van der Waals surface area (Å²) in [6.45, 7) is -0.401. The van der Waals surface area contributed by atoms with Crippen LogP contribution in [0, 0.1) is 11.6 Å². The van der Waals surface area contributed by atoms with Gasteiger partial charge in [0, 0.05) is 24.6 Å². The summed E-state index contributed by atoms with van der Waals surface area (Å²) in [6.07, 6.45) is -2.84. The maximum absolute atomic E-state index is 15.0. The van der Waals surface area contributed by atoms with E-state index in [1.54, 1.807) is 0 Å². The summed E-state index contributed by atoms with van der Waals surface area (Å²) < 4.78 is 74.2. The number of nitrogens with zero attached hydrogens (tertiary/aromatic N) is 3. The number of ether oxygens (including phenoxy) is 1.